The molecule has 0 aliphatic heterocycles. The molecule has 1 aromatic carbocycles. The topological polar surface area (TPSA) is 37.3 Å². The Kier molecular flexibility index (Phi) is 3.86. The first-order chi connectivity index (χ1) is 7.66. The maximum absolute atomic E-state index is 13.4. The van der Waals surface area contributed by atoms with E-state index in [0.29, 0.717) is 0 Å². The zero-order chi connectivity index (χ0) is 13.4. The highest BCUT2D eigenvalue weighted by Gasteiger charge is 2.30. The lowest BCUT2D eigenvalue weighted by Gasteiger charge is -2.19. The molecule has 0 aliphatic carbocycles. The van der Waals surface area contributed by atoms with Crippen LogP contribution in [0.3, 0.4) is 0 Å². The minimum atomic E-state index is -1.60. The quantitative estimate of drug-likeness (QED) is 0.685. The van der Waals surface area contributed by atoms with Crippen LogP contribution >= 0.6 is 15.9 Å². The van der Waals surface area contributed by atoms with E-state index in [0.717, 1.165) is 6.07 Å². The Hall–Kier alpha value is -1.04. The van der Waals surface area contributed by atoms with Gasteiger partial charge in [0.05, 0.1) is 9.89 Å². The minimum absolute atomic E-state index is 0.178. The monoisotopic (exact) mass is 310 g/mol. The largest absolute Gasteiger partial charge is 0.481 e. The lowest BCUT2D eigenvalue weighted by Crippen LogP contribution is -2.27. The summed E-state index contributed by atoms with van der Waals surface area (Å²) in [6.45, 7) is 2.76. The third-order valence-electron chi connectivity index (χ3n) is 2.39. The van der Waals surface area contributed by atoms with Crippen LogP contribution < -0.4 is 0 Å². The van der Waals surface area contributed by atoms with Crippen LogP contribution in [0.15, 0.2) is 10.5 Å². The highest BCUT2D eigenvalue weighted by atomic mass is 79.9. The number of hydrogen-bond acceptors (Lipinski definition) is 1. The van der Waals surface area contributed by atoms with Gasteiger partial charge in [-0.25, -0.2) is 13.2 Å². The van der Waals surface area contributed by atoms with Crippen LogP contribution in [0.25, 0.3) is 0 Å². The molecule has 0 bridgehead atoms. The predicted molar refractivity (Wildman–Crippen MR) is 59.1 cm³/mol. The van der Waals surface area contributed by atoms with Gasteiger partial charge in [0.1, 0.15) is 0 Å². The van der Waals surface area contributed by atoms with Crippen molar-refractivity contribution >= 4 is 21.9 Å². The molecule has 0 spiro atoms. The standard InChI is InChI=1S/C11H10BrF3O2/c1-11(2,10(16)17)4-5-3-6(12)8(14)9(15)7(5)13/h3H,4H2,1-2H3,(H,16,17). The zero-order valence-corrected chi connectivity index (χ0v) is 10.7. The molecule has 0 unspecified atom stereocenters. The van der Waals surface area contributed by atoms with Crippen molar-refractivity contribution < 1.29 is 23.1 Å². The Morgan fingerprint density at radius 1 is 1.29 bits per heavy atom. The van der Waals surface area contributed by atoms with E-state index >= 15 is 0 Å². The van der Waals surface area contributed by atoms with Gasteiger partial charge in [-0.3, -0.25) is 4.79 Å². The number of carbonyl (C=O) groups is 1. The van der Waals surface area contributed by atoms with Crippen molar-refractivity contribution in [1.82, 2.24) is 0 Å². The van der Waals surface area contributed by atoms with Crippen molar-refractivity contribution in [3.05, 3.63) is 33.6 Å². The van der Waals surface area contributed by atoms with Gasteiger partial charge in [0.15, 0.2) is 17.5 Å². The van der Waals surface area contributed by atoms with Crippen LogP contribution in [0, 0.1) is 22.9 Å². The van der Waals surface area contributed by atoms with Gasteiger partial charge in [0.2, 0.25) is 0 Å². The molecule has 0 amide bonds. The molecule has 0 atom stereocenters. The first kappa shape index (κ1) is 14.0. The van der Waals surface area contributed by atoms with Crippen LogP contribution in [0.5, 0.6) is 0 Å². The smallest absolute Gasteiger partial charge is 0.309 e. The highest BCUT2D eigenvalue weighted by Crippen LogP contribution is 2.29. The maximum atomic E-state index is 13.4. The van der Waals surface area contributed by atoms with Crippen molar-refractivity contribution in [2.24, 2.45) is 5.41 Å². The molecule has 0 fully saturated rings. The van der Waals surface area contributed by atoms with Crippen LogP contribution in [0.2, 0.25) is 0 Å². The Labute approximate surface area is 105 Å². The molecule has 0 saturated carbocycles. The first-order valence-electron chi connectivity index (χ1n) is 4.72. The minimum Gasteiger partial charge on any atom is -0.481 e. The lowest BCUT2D eigenvalue weighted by molar-refractivity contribution is -0.146. The van der Waals surface area contributed by atoms with E-state index in [4.69, 9.17) is 5.11 Å². The Morgan fingerprint density at radius 2 is 1.82 bits per heavy atom. The van der Waals surface area contributed by atoms with Crippen LogP contribution in [0.4, 0.5) is 13.2 Å². The summed E-state index contributed by atoms with van der Waals surface area (Å²) < 4.78 is 39.3. The van der Waals surface area contributed by atoms with E-state index in [-0.39, 0.29) is 16.5 Å². The summed E-state index contributed by atoms with van der Waals surface area (Å²) in [5, 5.41) is 8.88. The van der Waals surface area contributed by atoms with Gasteiger partial charge in [-0.15, -0.1) is 0 Å². The summed E-state index contributed by atoms with van der Waals surface area (Å²) in [6.07, 6.45) is -0.232. The molecule has 0 saturated heterocycles. The first-order valence-corrected chi connectivity index (χ1v) is 5.51. The average Bonchev–Trinajstić information content (AvgIpc) is 2.22. The third-order valence-corrected chi connectivity index (χ3v) is 2.97. The van der Waals surface area contributed by atoms with Crippen molar-refractivity contribution in [2.45, 2.75) is 20.3 Å². The van der Waals surface area contributed by atoms with Gasteiger partial charge in [0.25, 0.3) is 0 Å². The SMILES string of the molecule is CC(C)(Cc1cc(Br)c(F)c(F)c1F)C(=O)O. The van der Waals surface area contributed by atoms with Gasteiger partial charge < -0.3 is 5.11 Å². The van der Waals surface area contributed by atoms with Crippen molar-refractivity contribution in [3.63, 3.8) is 0 Å². The second-order valence-electron chi connectivity index (χ2n) is 4.33. The Balaban J connectivity index is 3.21. The van der Waals surface area contributed by atoms with Gasteiger partial charge in [0, 0.05) is 0 Å². The average molecular weight is 311 g/mol. The van der Waals surface area contributed by atoms with Gasteiger partial charge >= 0.3 is 5.97 Å². The van der Waals surface area contributed by atoms with Crippen LogP contribution in [-0.4, -0.2) is 11.1 Å². The predicted octanol–water partition coefficient (Wildman–Crippen LogP) is 3.52. The van der Waals surface area contributed by atoms with E-state index in [9.17, 15) is 18.0 Å². The molecule has 0 aliphatic rings. The fourth-order valence-electron chi connectivity index (χ4n) is 1.30. The van der Waals surface area contributed by atoms with Gasteiger partial charge in [-0.1, -0.05) is 0 Å². The van der Waals surface area contributed by atoms with Gasteiger partial charge in [-0.2, -0.15) is 0 Å². The molecule has 1 N–H and O–H groups in total. The summed E-state index contributed by atoms with van der Waals surface area (Å²) in [5.74, 6) is -5.41. The normalized spacial score (nSPS) is 11.6. The lowest BCUT2D eigenvalue weighted by atomic mass is 9.86. The number of aliphatic carboxylic acids is 1. The zero-order valence-electron chi connectivity index (χ0n) is 9.15. The third kappa shape index (κ3) is 2.80. The van der Waals surface area contributed by atoms with E-state index in [1.165, 1.54) is 13.8 Å². The second kappa shape index (κ2) is 4.68. The molecule has 1 rings (SSSR count). The Morgan fingerprint density at radius 3 is 2.29 bits per heavy atom. The number of carboxylic acids is 1. The van der Waals surface area contributed by atoms with Crippen LogP contribution in [0.1, 0.15) is 19.4 Å². The maximum Gasteiger partial charge on any atom is 0.309 e. The summed E-state index contributed by atoms with van der Waals surface area (Å²) in [6, 6.07) is 1.05. The molecule has 0 radical (unpaired) electrons. The number of benzene rings is 1. The number of hydrogen-bond donors (Lipinski definition) is 1. The molecule has 2 nitrogen and oxygen atoms in total. The second-order valence-corrected chi connectivity index (χ2v) is 5.18. The highest BCUT2D eigenvalue weighted by molar-refractivity contribution is 9.10. The molecular weight excluding hydrogens is 301 g/mol. The fourth-order valence-corrected chi connectivity index (χ4v) is 1.75. The van der Waals surface area contributed by atoms with Crippen LogP contribution in [-0.2, 0) is 11.2 Å². The number of halogens is 4. The molecule has 17 heavy (non-hydrogen) atoms. The molecule has 0 aromatic heterocycles. The van der Waals surface area contributed by atoms with Crippen molar-refractivity contribution in [2.75, 3.05) is 0 Å². The number of carboxylic acid groups (broad SMARTS) is 1. The summed E-state index contributed by atoms with van der Waals surface area (Å²) in [5.41, 5.74) is -1.44. The number of rotatable bonds is 3. The molecule has 1 aromatic rings. The fraction of sp³-hybridized carbons (Fsp3) is 0.364. The van der Waals surface area contributed by atoms with Crippen molar-refractivity contribution in [1.29, 1.82) is 0 Å². The summed E-state index contributed by atoms with van der Waals surface area (Å²) in [7, 11) is 0. The van der Waals surface area contributed by atoms with E-state index in [1.54, 1.807) is 0 Å². The molecule has 6 heteroatoms. The molecular formula is C11H10BrF3O2. The summed E-state index contributed by atoms with van der Waals surface area (Å²) >= 11 is 2.75. The molecule has 94 valence electrons. The molecule has 0 heterocycles. The van der Waals surface area contributed by atoms with E-state index < -0.39 is 28.8 Å². The van der Waals surface area contributed by atoms with E-state index in [2.05, 4.69) is 15.9 Å². The van der Waals surface area contributed by atoms with Crippen molar-refractivity contribution in [3.8, 4) is 0 Å². The summed E-state index contributed by atoms with van der Waals surface area (Å²) in [4.78, 5) is 10.9. The van der Waals surface area contributed by atoms with E-state index in [1.807, 2.05) is 0 Å². The Bertz CT molecular complexity index is 472. The van der Waals surface area contributed by atoms with Gasteiger partial charge in [-0.05, 0) is 47.8 Å².